The van der Waals surface area contributed by atoms with Crippen LogP contribution in [0.3, 0.4) is 0 Å². The van der Waals surface area contributed by atoms with Crippen LogP contribution in [0.15, 0.2) is 23.2 Å². The Morgan fingerprint density at radius 2 is 2.16 bits per heavy atom. The van der Waals surface area contributed by atoms with Gasteiger partial charge >= 0.3 is 0 Å². The lowest BCUT2D eigenvalue weighted by Crippen LogP contribution is -2.45. The summed E-state index contributed by atoms with van der Waals surface area (Å²) in [4.78, 5) is 4.10. The van der Waals surface area contributed by atoms with Crippen LogP contribution in [-0.2, 0) is 10.0 Å². The number of anilines is 1. The summed E-state index contributed by atoms with van der Waals surface area (Å²) in [6.07, 6.45) is 3.45. The van der Waals surface area contributed by atoms with Gasteiger partial charge in [0.1, 0.15) is 4.90 Å². The van der Waals surface area contributed by atoms with Crippen LogP contribution in [0.2, 0.25) is 0 Å². The summed E-state index contributed by atoms with van der Waals surface area (Å²) in [7, 11) is -3.56. The average molecular weight is 284 g/mol. The van der Waals surface area contributed by atoms with E-state index in [9.17, 15) is 8.42 Å². The van der Waals surface area contributed by atoms with Crippen LogP contribution in [0, 0.1) is 5.92 Å². The van der Waals surface area contributed by atoms with E-state index in [0.29, 0.717) is 12.5 Å². The SMILES string of the molecule is CC1CCC(C)N(S(=O)(=O)c2cccnc2NN)C1. The molecule has 0 spiro atoms. The lowest BCUT2D eigenvalue weighted by Gasteiger charge is -2.35. The van der Waals surface area contributed by atoms with Gasteiger partial charge in [-0.05, 0) is 37.8 Å². The number of hydrogen-bond acceptors (Lipinski definition) is 5. The standard InChI is InChI=1S/C12H20N4O2S/c1-9-5-6-10(2)16(8-9)19(17,18)11-4-3-7-14-12(11)15-13/h3-4,7,9-10H,5-6,8,13H2,1-2H3,(H,14,15). The molecule has 19 heavy (non-hydrogen) atoms. The Labute approximate surface area is 114 Å². The monoisotopic (exact) mass is 284 g/mol. The van der Waals surface area contributed by atoms with Crippen molar-refractivity contribution in [2.45, 2.75) is 37.6 Å². The van der Waals surface area contributed by atoms with E-state index in [1.165, 1.54) is 12.3 Å². The maximum absolute atomic E-state index is 12.7. The normalized spacial score (nSPS) is 25.2. The molecule has 2 rings (SSSR count). The Hall–Kier alpha value is -1.18. The number of hydrazine groups is 1. The molecule has 1 aliphatic rings. The van der Waals surface area contributed by atoms with Gasteiger partial charge in [-0.25, -0.2) is 19.2 Å². The number of nitrogens with zero attached hydrogens (tertiary/aromatic N) is 2. The molecular formula is C12H20N4O2S. The molecule has 2 unspecified atom stereocenters. The Balaban J connectivity index is 2.41. The fraction of sp³-hybridized carbons (Fsp3) is 0.583. The Kier molecular flexibility index (Phi) is 4.07. The zero-order valence-corrected chi connectivity index (χ0v) is 12.0. The average Bonchev–Trinajstić information content (AvgIpc) is 2.41. The summed E-state index contributed by atoms with van der Waals surface area (Å²) >= 11 is 0. The molecule has 1 fully saturated rings. The number of nitrogens with one attached hydrogen (secondary N) is 1. The van der Waals surface area contributed by atoms with E-state index in [1.807, 2.05) is 6.92 Å². The van der Waals surface area contributed by atoms with Gasteiger partial charge in [0.2, 0.25) is 10.0 Å². The number of rotatable bonds is 3. The Morgan fingerprint density at radius 3 is 2.84 bits per heavy atom. The van der Waals surface area contributed by atoms with Crippen molar-refractivity contribution in [2.75, 3.05) is 12.0 Å². The molecule has 0 bridgehead atoms. The molecule has 0 amide bonds. The molecule has 2 atom stereocenters. The first-order valence-corrected chi connectivity index (χ1v) is 7.84. The first kappa shape index (κ1) is 14.2. The van der Waals surface area contributed by atoms with Gasteiger partial charge in [-0.2, -0.15) is 4.31 Å². The summed E-state index contributed by atoms with van der Waals surface area (Å²) in [6.45, 7) is 4.55. The molecule has 1 aromatic heterocycles. The Morgan fingerprint density at radius 1 is 1.42 bits per heavy atom. The number of sulfonamides is 1. The predicted molar refractivity (Wildman–Crippen MR) is 73.8 cm³/mol. The third-order valence-electron chi connectivity index (χ3n) is 3.55. The number of nitrogen functional groups attached to an aromatic ring is 1. The van der Waals surface area contributed by atoms with Crippen LogP contribution in [-0.4, -0.2) is 30.3 Å². The van der Waals surface area contributed by atoms with Crippen LogP contribution in [0.5, 0.6) is 0 Å². The van der Waals surface area contributed by atoms with Crippen molar-refractivity contribution in [3.8, 4) is 0 Å². The molecule has 3 N–H and O–H groups in total. The van der Waals surface area contributed by atoms with E-state index in [1.54, 1.807) is 10.4 Å². The first-order valence-electron chi connectivity index (χ1n) is 6.40. The maximum atomic E-state index is 12.7. The zero-order chi connectivity index (χ0) is 14.0. The predicted octanol–water partition coefficient (Wildman–Crippen LogP) is 1.18. The van der Waals surface area contributed by atoms with Crippen molar-refractivity contribution in [2.24, 2.45) is 11.8 Å². The van der Waals surface area contributed by atoms with Gasteiger partial charge in [-0.15, -0.1) is 0 Å². The molecular weight excluding hydrogens is 264 g/mol. The molecule has 1 aromatic rings. The summed E-state index contributed by atoms with van der Waals surface area (Å²) in [5, 5.41) is 0. The van der Waals surface area contributed by atoms with E-state index >= 15 is 0 Å². The molecule has 0 saturated carbocycles. The Bertz CT molecular complexity index is 546. The van der Waals surface area contributed by atoms with Crippen LogP contribution >= 0.6 is 0 Å². The van der Waals surface area contributed by atoms with E-state index in [4.69, 9.17) is 5.84 Å². The lowest BCUT2D eigenvalue weighted by atomic mass is 9.97. The van der Waals surface area contributed by atoms with Crippen molar-refractivity contribution in [3.05, 3.63) is 18.3 Å². The fourth-order valence-corrected chi connectivity index (χ4v) is 4.31. The minimum absolute atomic E-state index is 0.00651. The molecule has 6 nitrogen and oxygen atoms in total. The highest BCUT2D eigenvalue weighted by Crippen LogP contribution is 2.29. The quantitative estimate of drug-likeness (QED) is 0.642. The van der Waals surface area contributed by atoms with Gasteiger partial charge in [0.15, 0.2) is 5.82 Å². The molecule has 7 heteroatoms. The largest absolute Gasteiger partial charge is 0.307 e. The third kappa shape index (κ3) is 2.72. The molecule has 0 radical (unpaired) electrons. The van der Waals surface area contributed by atoms with Crippen molar-refractivity contribution < 1.29 is 8.42 Å². The second-order valence-electron chi connectivity index (χ2n) is 5.10. The lowest BCUT2D eigenvalue weighted by molar-refractivity contribution is 0.218. The molecule has 0 aromatic carbocycles. The minimum Gasteiger partial charge on any atom is -0.307 e. The van der Waals surface area contributed by atoms with Crippen LogP contribution < -0.4 is 11.3 Å². The topological polar surface area (TPSA) is 88.3 Å². The van der Waals surface area contributed by atoms with Gasteiger partial charge in [0.05, 0.1) is 0 Å². The maximum Gasteiger partial charge on any atom is 0.247 e. The smallest absolute Gasteiger partial charge is 0.247 e. The number of piperidine rings is 1. The van der Waals surface area contributed by atoms with Crippen LogP contribution in [0.4, 0.5) is 5.82 Å². The van der Waals surface area contributed by atoms with E-state index < -0.39 is 10.0 Å². The summed E-state index contributed by atoms with van der Waals surface area (Å²) in [6, 6.07) is 3.14. The van der Waals surface area contributed by atoms with Gasteiger partial charge < -0.3 is 5.43 Å². The van der Waals surface area contributed by atoms with Gasteiger partial charge in [0, 0.05) is 18.8 Å². The highest BCUT2D eigenvalue weighted by atomic mass is 32.2. The van der Waals surface area contributed by atoms with E-state index in [2.05, 4.69) is 17.3 Å². The fourth-order valence-electron chi connectivity index (χ4n) is 2.42. The molecule has 106 valence electrons. The second kappa shape index (κ2) is 5.44. The third-order valence-corrected chi connectivity index (χ3v) is 5.57. The van der Waals surface area contributed by atoms with Crippen LogP contribution in [0.25, 0.3) is 0 Å². The number of pyridine rings is 1. The van der Waals surface area contributed by atoms with E-state index in [-0.39, 0.29) is 16.8 Å². The van der Waals surface area contributed by atoms with Crippen LogP contribution in [0.1, 0.15) is 26.7 Å². The summed E-state index contributed by atoms with van der Waals surface area (Å²) < 4.78 is 27.0. The zero-order valence-electron chi connectivity index (χ0n) is 11.2. The minimum atomic E-state index is -3.56. The molecule has 0 aliphatic carbocycles. The van der Waals surface area contributed by atoms with Gasteiger partial charge in [-0.1, -0.05) is 6.92 Å². The number of nitrogens with two attached hydrogens (primary N) is 1. The van der Waals surface area contributed by atoms with Crippen molar-refractivity contribution in [1.29, 1.82) is 0 Å². The highest BCUT2D eigenvalue weighted by Gasteiger charge is 2.35. The number of hydrogen-bond donors (Lipinski definition) is 2. The first-order chi connectivity index (χ1) is 8.96. The molecule has 2 heterocycles. The van der Waals surface area contributed by atoms with Gasteiger partial charge in [-0.3, -0.25) is 0 Å². The van der Waals surface area contributed by atoms with Gasteiger partial charge in [0.25, 0.3) is 0 Å². The number of aromatic nitrogens is 1. The summed E-state index contributed by atoms with van der Waals surface area (Å²) in [5.74, 6) is 5.90. The second-order valence-corrected chi connectivity index (χ2v) is 6.96. The van der Waals surface area contributed by atoms with Crippen molar-refractivity contribution in [3.63, 3.8) is 0 Å². The van der Waals surface area contributed by atoms with Crippen molar-refractivity contribution in [1.82, 2.24) is 9.29 Å². The van der Waals surface area contributed by atoms with E-state index in [0.717, 1.165) is 12.8 Å². The van der Waals surface area contributed by atoms with Crippen molar-refractivity contribution >= 4 is 15.8 Å². The molecule has 1 aliphatic heterocycles. The molecule has 1 saturated heterocycles. The highest BCUT2D eigenvalue weighted by molar-refractivity contribution is 7.89. The summed E-state index contributed by atoms with van der Waals surface area (Å²) in [5.41, 5.74) is 2.35.